The predicted molar refractivity (Wildman–Crippen MR) is 52.9 cm³/mol. The van der Waals surface area contributed by atoms with E-state index in [4.69, 9.17) is 4.74 Å². The standard InChI is InChI=1S/C10H20N2O/c1-11-7-9(8-11)12-5-3-10(13-2)4-6-12/h9-10H,3-8H2,1-2H3. The second-order valence-electron chi connectivity index (χ2n) is 4.35. The van der Waals surface area contributed by atoms with Crippen molar-refractivity contribution in [2.75, 3.05) is 40.3 Å². The zero-order valence-electron chi connectivity index (χ0n) is 8.70. The third-order valence-electron chi connectivity index (χ3n) is 3.37. The number of ether oxygens (including phenoxy) is 1. The number of likely N-dealkylation sites (N-methyl/N-ethyl adjacent to an activating group) is 1. The number of likely N-dealkylation sites (tertiary alicyclic amines) is 2. The first-order chi connectivity index (χ1) is 6.29. The topological polar surface area (TPSA) is 15.7 Å². The minimum Gasteiger partial charge on any atom is -0.381 e. The minimum absolute atomic E-state index is 0.522. The second-order valence-corrected chi connectivity index (χ2v) is 4.35. The lowest BCUT2D eigenvalue weighted by atomic mass is 10.0. The fourth-order valence-electron chi connectivity index (χ4n) is 2.37. The summed E-state index contributed by atoms with van der Waals surface area (Å²) in [6.07, 6.45) is 2.96. The van der Waals surface area contributed by atoms with Crippen molar-refractivity contribution in [2.45, 2.75) is 25.0 Å². The van der Waals surface area contributed by atoms with Crippen molar-refractivity contribution >= 4 is 0 Å². The molecule has 13 heavy (non-hydrogen) atoms. The number of methoxy groups -OCH3 is 1. The molecule has 0 atom stereocenters. The van der Waals surface area contributed by atoms with Gasteiger partial charge in [-0.25, -0.2) is 0 Å². The molecule has 0 aromatic carbocycles. The summed E-state index contributed by atoms with van der Waals surface area (Å²) in [5.74, 6) is 0. The van der Waals surface area contributed by atoms with Gasteiger partial charge in [-0.1, -0.05) is 0 Å². The van der Waals surface area contributed by atoms with Crippen LogP contribution in [0.2, 0.25) is 0 Å². The smallest absolute Gasteiger partial charge is 0.0595 e. The van der Waals surface area contributed by atoms with Crippen molar-refractivity contribution in [3.8, 4) is 0 Å². The van der Waals surface area contributed by atoms with Gasteiger partial charge in [0.05, 0.1) is 6.10 Å². The van der Waals surface area contributed by atoms with Gasteiger partial charge in [-0.2, -0.15) is 0 Å². The summed E-state index contributed by atoms with van der Waals surface area (Å²) in [7, 11) is 4.02. The van der Waals surface area contributed by atoms with Gasteiger partial charge >= 0.3 is 0 Å². The quantitative estimate of drug-likeness (QED) is 0.618. The molecule has 3 heteroatoms. The van der Waals surface area contributed by atoms with E-state index in [0.717, 1.165) is 6.04 Å². The van der Waals surface area contributed by atoms with Crippen LogP contribution in [0.25, 0.3) is 0 Å². The maximum absolute atomic E-state index is 5.35. The SMILES string of the molecule is COC1CCN(C2CN(C)C2)CC1. The number of piperidine rings is 1. The highest BCUT2D eigenvalue weighted by atomic mass is 16.5. The van der Waals surface area contributed by atoms with Gasteiger partial charge in [0.2, 0.25) is 0 Å². The first-order valence-corrected chi connectivity index (χ1v) is 5.25. The Balaban J connectivity index is 1.72. The van der Waals surface area contributed by atoms with E-state index in [-0.39, 0.29) is 0 Å². The molecule has 0 unspecified atom stereocenters. The van der Waals surface area contributed by atoms with Crippen molar-refractivity contribution < 1.29 is 4.74 Å². The van der Waals surface area contributed by atoms with Crippen molar-refractivity contribution in [3.63, 3.8) is 0 Å². The summed E-state index contributed by atoms with van der Waals surface area (Å²) >= 11 is 0. The molecule has 0 N–H and O–H groups in total. The zero-order chi connectivity index (χ0) is 9.26. The van der Waals surface area contributed by atoms with E-state index in [1.54, 1.807) is 0 Å². The van der Waals surface area contributed by atoms with Crippen LogP contribution in [0.3, 0.4) is 0 Å². The molecule has 0 aromatic rings. The molecule has 0 amide bonds. The summed E-state index contributed by atoms with van der Waals surface area (Å²) in [6.45, 7) is 4.99. The summed E-state index contributed by atoms with van der Waals surface area (Å²) in [5.41, 5.74) is 0. The highest BCUT2D eigenvalue weighted by Crippen LogP contribution is 2.19. The molecular formula is C10H20N2O. The third-order valence-corrected chi connectivity index (χ3v) is 3.37. The van der Waals surface area contributed by atoms with Gasteiger partial charge in [0.1, 0.15) is 0 Å². The van der Waals surface area contributed by atoms with Gasteiger partial charge < -0.3 is 9.64 Å². The van der Waals surface area contributed by atoms with Crippen LogP contribution in [0.4, 0.5) is 0 Å². The molecule has 2 saturated heterocycles. The van der Waals surface area contributed by atoms with Crippen LogP contribution in [0, 0.1) is 0 Å². The van der Waals surface area contributed by atoms with E-state index >= 15 is 0 Å². The lowest BCUT2D eigenvalue weighted by Crippen LogP contribution is -2.59. The Morgan fingerprint density at radius 3 is 2.23 bits per heavy atom. The first-order valence-electron chi connectivity index (χ1n) is 5.25. The van der Waals surface area contributed by atoms with Crippen LogP contribution in [-0.4, -0.2) is 62.3 Å². The number of hydrogen-bond donors (Lipinski definition) is 0. The Bertz CT molecular complexity index is 160. The molecule has 0 spiro atoms. The fraction of sp³-hybridized carbons (Fsp3) is 1.00. The van der Waals surface area contributed by atoms with Crippen LogP contribution in [0.5, 0.6) is 0 Å². The van der Waals surface area contributed by atoms with E-state index in [2.05, 4.69) is 16.8 Å². The van der Waals surface area contributed by atoms with Gasteiger partial charge in [0.15, 0.2) is 0 Å². The van der Waals surface area contributed by atoms with Gasteiger partial charge in [-0.15, -0.1) is 0 Å². The number of nitrogens with zero attached hydrogens (tertiary/aromatic N) is 2. The lowest BCUT2D eigenvalue weighted by molar-refractivity contribution is -0.00899. The molecule has 3 nitrogen and oxygen atoms in total. The van der Waals surface area contributed by atoms with Gasteiger partial charge in [0.25, 0.3) is 0 Å². The Morgan fingerprint density at radius 1 is 1.15 bits per heavy atom. The van der Waals surface area contributed by atoms with Crippen LogP contribution in [-0.2, 0) is 4.74 Å². The van der Waals surface area contributed by atoms with Crippen LogP contribution >= 0.6 is 0 Å². The van der Waals surface area contributed by atoms with Crippen molar-refractivity contribution in [3.05, 3.63) is 0 Å². The molecule has 2 aliphatic rings. The molecule has 0 bridgehead atoms. The highest BCUT2D eigenvalue weighted by Gasteiger charge is 2.31. The van der Waals surface area contributed by atoms with Gasteiger partial charge in [0, 0.05) is 39.3 Å². The van der Waals surface area contributed by atoms with Crippen LogP contribution in [0.1, 0.15) is 12.8 Å². The lowest BCUT2D eigenvalue weighted by Gasteiger charge is -2.46. The zero-order valence-corrected chi connectivity index (χ0v) is 8.70. The van der Waals surface area contributed by atoms with Crippen molar-refractivity contribution in [2.24, 2.45) is 0 Å². The molecule has 2 heterocycles. The van der Waals surface area contributed by atoms with Gasteiger partial charge in [-0.3, -0.25) is 4.90 Å². The van der Waals surface area contributed by atoms with E-state index in [1.807, 2.05) is 7.11 Å². The number of hydrogen-bond acceptors (Lipinski definition) is 3. The average molecular weight is 184 g/mol. The Morgan fingerprint density at radius 2 is 1.77 bits per heavy atom. The van der Waals surface area contributed by atoms with E-state index in [9.17, 15) is 0 Å². The molecule has 0 aliphatic carbocycles. The molecule has 2 fully saturated rings. The largest absolute Gasteiger partial charge is 0.381 e. The minimum atomic E-state index is 0.522. The molecule has 0 saturated carbocycles. The Hall–Kier alpha value is -0.120. The van der Waals surface area contributed by atoms with Crippen molar-refractivity contribution in [1.82, 2.24) is 9.80 Å². The van der Waals surface area contributed by atoms with Crippen LogP contribution < -0.4 is 0 Å². The maximum Gasteiger partial charge on any atom is 0.0595 e. The third kappa shape index (κ3) is 2.03. The first kappa shape index (κ1) is 9.44. The molecule has 2 aliphatic heterocycles. The molecular weight excluding hydrogens is 164 g/mol. The second kappa shape index (κ2) is 3.95. The van der Waals surface area contributed by atoms with E-state index < -0.39 is 0 Å². The summed E-state index contributed by atoms with van der Waals surface area (Å²) in [6, 6.07) is 0.836. The van der Waals surface area contributed by atoms with Crippen molar-refractivity contribution in [1.29, 1.82) is 0 Å². The molecule has 76 valence electrons. The maximum atomic E-state index is 5.35. The monoisotopic (exact) mass is 184 g/mol. The Kier molecular flexibility index (Phi) is 2.86. The summed E-state index contributed by atoms with van der Waals surface area (Å²) in [4.78, 5) is 5.00. The fourth-order valence-corrected chi connectivity index (χ4v) is 2.37. The molecule has 0 aromatic heterocycles. The highest BCUT2D eigenvalue weighted by molar-refractivity contribution is 4.88. The predicted octanol–water partition coefficient (Wildman–Crippen LogP) is 0.411. The average Bonchev–Trinajstić information content (AvgIpc) is 2.13. The number of rotatable bonds is 2. The van der Waals surface area contributed by atoms with E-state index in [0.29, 0.717) is 6.10 Å². The summed E-state index contributed by atoms with van der Waals surface area (Å²) < 4.78 is 5.35. The normalized spacial score (nSPS) is 29.1. The van der Waals surface area contributed by atoms with E-state index in [1.165, 1.54) is 39.0 Å². The molecule has 0 radical (unpaired) electrons. The Labute approximate surface area is 80.6 Å². The van der Waals surface area contributed by atoms with Gasteiger partial charge in [-0.05, 0) is 19.9 Å². The molecule has 2 rings (SSSR count). The van der Waals surface area contributed by atoms with Crippen LogP contribution in [0.15, 0.2) is 0 Å². The summed E-state index contributed by atoms with van der Waals surface area (Å²) in [5, 5.41) is 0.